The van der Waals surface area contributed by atoms with E-state index in [1.807, 2.05) is 11.8 Å². The number of piperidine rings is 1. The summed E-state index contributed by atoms with van der Waals surface area (Å²) in [6, 6.07) is 0. The minimum Gasteiger partial charge on any atom is -0.396 e. The molecule has 1 heterocycles. The van der Waals surface area contributed by atoms with Crippen LogP contribution in [0.15, 0.2) is 0 Å². The van der Waals surface area contributed by atoms with Crippen LogP contribution in [0.4, 0.5) is 0 Å². The number of carbonyl (C=O) groups excluding carboxylic acids is 1. The number of aliphatic hydroxyl groups is 1. The number of likely N-dealkylation sites (tertiary alicyclic amines) is 1. The lowest BCUT2D eigenvalue weighted by atomic mass is 10.1. The van der Waals surface area contributed by atoms with Crippen molar-refractivity contribution in [3.8, 4) is 0 Å². The van der Waals surface area contributed by atoms with E-state index >= 15 is 0 Å². The molecule has 1 rings (SSSR count). The van der Waals surface area contributed by atoms with Gasteiger partial charge < -0.3 is 19.5 Å². The van der Waals surface area contributed by atoms with Crippen molar-refractivity contribution in [1.29, 1.82) is 0 Å². The fraction of sp³-hybridized carbons (Fsp3) is 0.929. The molecule has 19 heavy (non-hydrogen) atoms. The number of unbranched alkanes of at least 4 members (excludes halogenated alkanes) is 1. The first-order valence-electron chi connectivity index (χ1n) is 7.36. The number of rotatable bonds is 9. The third-order valence-electron chi connectivity index (χ3n) is 3.38. The average molecular weight is 273 g/mol. The molecule has 1 amide bonds. The van der Waals surface area contributed by atoms with Crippen LogP contribution in [0.2, 0.25) is 0 Å². The zero-order valence-electron chi connectivity index (χ0n) is 12.0. The number of hydrogen-bond donors (Lipinski definition) is 1. The van der Waals surface area contributed by atoms with Gasteiger partial charge in [-0.15, -0.1) is 0 Å². The van der Waals surface area contributed by atoms with Crippen LogP contribution in [0.3, 0.4) is 0 Å². The van der Waals surface area contributed by atoms with E-state index in [0.717, 1.165) is 39.0 Å². The van der Waals surface area contributed by atoms with Crippen LogP contribution in [0.1, 0.15) is 39.0 Å². The fourth-order valence-corrected chi connectivity index (χ4v) is 2.24. The second-order valence-electron chi connectivity index (χ2n) is 4.83. The van der Waals surface area contributed by atoms with Crippen LogP contribution in [-0.4, -0.2) is 61.5 Å². The van der Waals surface area contributed by atoms with Gasteiger partial charge in [-0.2, -0.15) is 0 Å². The van der Waals surface area contributed by atoms with Gasteiger partial charge in [0.05, 0.1) is 19.3 Å². The van der Waals surface area contributed by atoms with Gasteiger partial charge in [0, 0.05) is 32.7 Å². The Morgan fingerprint density at radius 3 is 2.63 bits per heavy atom. The molecule has 0 aromatic carbocycles. The molecule has 0 spiro atoms. The Bertz CT molecular complexity index is 240. The van der Waals surface area contributed by atoms with Crippen molar-refractivity contribution in [2.45, 2.75) is 45.1 Å². The minimum atomic E-state index is 0.170. The zero-order valence-corrected chi connectivity index (χ0v) is 12.0. The molecule has 0 aliphatic carbocycles. The number of hydrogen-bond acceptors (Lipinski definition) is 4. The summed E-state index contributed by atoms with van der Waals surface area (Å²) in [6.07, 6.45) is 4.14. The van der Waals surface area contributed by atoms with Crippen LogP contribution < -0.4 is 0 Å². The van der Waals surface area contributed by atoms with Gasteiger partial charge in [-0.05, 0) is 32.6 Å². The van der Waals surface area contributed by atoms with E-state index in [4.69, 9.17) is 14.6 Å². The summed E-state index contributed by atoms with van der Waals surface area (Å²) in [5, 5.41) is 8.69. The third-order valence-corrected chi connectivity index (χ3v) is 3.38. The quantitative estimate of drug-likeness (QED) is 0.641. The molecule has 0 radical (unpaired) electrons. The smallest absolute Gasteiger partial charge is 0.222 e. The van der Waals surface area contributed by atoms with Gasteiger partial charge in [0.2, 0.25) is 5.91 Å². The average Bonchev–Trinajstić information content (AvgIpc) is 2.44. The first-order chi connectivity index (χ1) is 9.27. The Balaban J connectivity index is 2.09. The summed E-state index contributed by atoms with van der Waals surface area (Å²) in [5.41, 5.74) is 0. The van der Waals surface area contributed by atoms with E-state index in [-0.39, 0.29) is 18.6 Å². The van der Waals surface area contributed by atoms with Crippen LogP contribution in [0.5, 0.6) is 0 Å². The largest absolute Gasteiger partial charge is 0.396 e. The summed E-state index contributed by atoms with van der Waals surface area (Å²) >= 11 is 0. The lowest BCUT2D eigenvalue weighted by Gasteiger charge is -2.32. The SMILES string of the molecule is CCOCCOC1CCN(C(=O)CCCCO)CC1. The Labute approximate surface area is 115 Å². The van der Waals surface area contributed by atoms with Gasteiger partial charge in [0.25, 0.3) is 0 Å². The van der Waals surface area contributed by atoms with Crippen molar-refractivity contribution in [3.05, 3.63) is 0 Å². The molecule has 0 aromatic heterocycles. The molecule has 0 aromatic rings. The monoisotopic (exact) mass is 273 g/mol. The highest BCUT2D eigenvalue weighted by Gasteiger charge is 2.22. The van der Waals surface area contributed by atoms with Crippen molar-refractivity contribution >= 4 is 5.91 Å². The zero-order chi connectivity index (χ0) is 13.9. The molecule has 1 N–H and O–H groups in total. The Morgan fingerprint density at radius 2 is 2.00 bits per heavy atom. The van der Waals surface area contributed by atoms with Gasteiger partial charge >= 0.3 is 0 Å². The van der Waals surface area contributed by atoms with Crippen LogP contribution >= 0.6 is 0 Å². The maximum atomic E-state index is 11.9. The fourth-order valence-electron chi connectivity index (χ4n) is 2.24. The molecule has 0 atom stereocenters. The highest BCUT2D eigenvalue weighted by atomic mass is 16.5. The van der Waals surface area contributed by atoms with Crippen LogP contribution in [0.25, 0.3) is 0 Å². The van der Waals surface area contributed by atoms with Crippen molar-refractivity contribution < 1.29 is 19.4 Å². The molecule has 1 saturated heterocycles. The molecule has 1 aliphatic heterocycles. The molecule has 1 fully saturated rings. The number of amides is 1. The Hall–Kier alpha value is -0.650. The molecule has 0 unspecified atom stereocenters. The van der Waals surface area contributed by atoms with Gasteiger partial charge in [-0.1, -0.05) is 0 Å². The van der Waals surface area contributed by atoms with Crippen molar-refractivity contribution in [3.63, 3.8) is 0 Å². The van der Waals surface area contributed by atoms with E-state index in [1.165, 1.54) is 0 Å². The van der Waals surface area contributed by atoms with E-state index < -0.39 is 0 Å². The molecular formula is C14H27NO4. The number of carbonyl (C=O) groups is 1. The molecule has 5 heteroatoms. The van der Waals surface area contributed by atoms with Gasteiger partial charge in [-0.25, -0.2) is 0 Å². The van der Waals surface area contributed by atoms with E-state index in [0.29, 0.717) is 26.1 Å². The lowest BCUT2D eigenvalue weighted by Crippen LogP contribution is -2.41. The highest BCUT2D eigenvalue weighted by Crippen LogP contribution is 2.15. The molecule has 0 saturated carbocycles. The topological polar surface area (TPSA) is 59.0 Å². The molecule has 112 valence electrons. The Kier molecular flexibility index (Phi) is 8.79. The van der Waals surface area contributed by atoms with Crippen LogP contribution in [-0.2, 0) is 14.3 Å². The van der Waals surface area contributed by atoms with E-state index in [9.17, 15) is 4.79 Å². The minimum absolute atomic E-state index is 0.170. The number of nitrogens with zero attached hydrogens (tertiary/aromatic N) is 1. The number of aliphatic hydroxyl groups excluding tert-OH is 1. The van der Waals surface area contributed by atoms with Gasteiger partial charge in [0.1, 0.15) is 0 Å². The second kappa shape index (κ2) is 10.2. The maximum Gasteiger partial charge on any atom is 0.222 e. The first kappa shape index (κ1) is 16.4. The standard InChI is InChI=1S/C14H27NO4/c1-2-18-11-12-19-13-6-8-15(9-7-13)14(17)5-3-4-10-16/h13,16H,2-12H2,1H3. The molecule has 5 nitrogen and oxygen atoms in total. The Morgan fingerprint density at radius 1 is 1.26 bits per heavy atom. The van der Waals surface area contributed by atoms with E-state index in [2.05, 4.69) is 0 Å². The first-order valence-corrected chi connectivity index (χ1v) is 7.36. The van der Waals surface area contributed by atoms with Gasteiger partial charge in [0.15, 0.2) is 0 Å². The normalized spacial score (nSPS) is 16.8. The summed E-state index contributed by atoms with van der Waals surface area (Å²) < 4.78 is 10.9. The van der Waals surface area contributed by atoms with Crippen molar-refractivity contribution in [2.24, 2.45) is 0 Å². The summed E-state index contributed by atoms with van der Waals surface area (Å²) in [5.74, 6) is 0.209. The number of ether oxygens (including phenoxy) is 2. The molecular weight excluding hydrogens is 246 g/mol. The highest BCUT2D eigenvalue weighted by molar-refractivity contribution is 5.76. The summed E-state index contributed by atoms with van der Waals surface area (Å²) in [6.45, 7) is 5.74. The summed E-state index contributed by atoms with van der Waals surface area (Å²) in [7, 11) is 0. The second-order valence-corrected chi connectivity index (χ2v) is 4.83. The maximum absolute atomic E-state index is 11.9. The van der Waals surface area contributed by atoms with Crippen LogP contribution in [0, 0.1) is 0 Å². The molecule has 0 bridgehead atoms. The predicted octanol–water partition coefficient (Wildman–Crippen LogP) is 1.19. The van der Waals surface area contributed by atoms with E-state index in [1.54, 1.807) is 0 Å². The lowest BCUT2D eigenvalue weighted by molar-refractivity contribution is -0.134. The van der Waals surface area contributed by atoms with Gasteiger partial charge in [-0.3, -0.25) is 4.79 Å². The predicted molar refractivity (Wildman–Crippen MR) is 73.0 cm³/mol. The van der Waals surface area contributed by atoms with Crippen molar-refractivity contribution in [1.82, 2.24) is 4.90 Å². The molecule has 1 aliphatic rings. The third kappa shape index (κ3) is 6.89. The summed E-state index contributed by atoms with van der Waals surface area (Å²) in [4.78, 5) is 13.8. The van der Waals surface area contributed by atoms with Crippen molar-refractivity contribution in [2.75, 3.05) is 39.5 Å².